The Bertz CT molecular complexity index is 432. The number of rotatable bonds is 10. The SMILES string of the molecule is CCCCCC.CO[Si](CCC1CCC(C(=O)NC(C)(C)C)CC1)(OC)OC.O=CO. The third kappa shape index (κ3) is 16.3. The largest absolute Gasteiger partial charge is 0.500 e. The number of nitrogens with one attached hydrogen (secondary N) is 1. The molecule has 0 aromatic carbocycles. The molecule has 0 aliphatic heterocycles. The lowest BCUT2D eigenvalue weighted by molar-refractivity contribution is -0.127. The van der Waals surface area contributed by atoms with Crippen molar-refractivity contribution in [3.63, 3.8) is 0 Å². The summed E-state index contributed by atoms with van der Waals surface area (Å²) >= 11 is 0. The van der Waals surface area contributed by atoms with Gasteiger partial charge >= 0.3 is 8.80 Å². The van der Waals surface area contributed by atoms with Gasteiger partial charge in [-0.2, -0.15) is 0 Å². The summed E-state index contributed by atoms with van der Waals surface area (Å²) in [7, 11) is 2.53. The van der Waals surface area contributed by atoms with Gasteiger partial charge in [0.1, 0.15) is 0 Å². The number of hydrogen-bond acceptors (Lipinski definition) is 5. The van der Waals surface area contributed by atoms with Crippen molar-refractivity contribution in [3.8, 4) is 0 Å². The summed E-state index contributed by atoms with van der Waals surface area (Å²) in [6.07, 6.45) is 10.7. The number of carboxylic acid groups (broad SMARTS) is 1. The molecule has 0 spiro atoms. The van der Waals surface area contributed by atoms with E-state index in [0.717, 1.165) is 38.1 Å². The predicted octanol–water partition coefficient (Wildman–Crippen LogP) is 5.26. The zero-order valence-electron chi connectivity index (χ0n) is 21.3. The molecule has 1 saturated carbocycles. The molecular formula is C23H49NO6Si. The predicted molar refractivity (Wildman–Crippen MR) is 128 cm³/mol. The average Bonchev–Trinajstić information content (AvgIpc) is 2.74. The Morgan fingerprint density at radius 2 is 1.42 bits per heavy atom. The van der Waals surface area contributed by atoms with E-state index in [1.54, 1.807) is 21.3 Å². The van der Waals surface area contributed by atoms with Crippen LogP contribution in [0.25, 0.3) is 0 Å². The minimum atomic E-state index is -2.45. The van der Waals surface area contributed by atoms with Crippen molar-refractivity contribution in [1.82, 2.24) is 5.32 Å². The molecule has 1 aliphatic carbocycles. The lowest BCUT2D eigenvalue weighted by Gasteiger charge is -2.32. The number of amides is 1. The standard InChI is InChI=1S/C16H33NO4Si.C6H14.CH2O2/c1-16(2,3)17-15(18)14-9-7-13(8-10-14)11-12-22(19-4,20-5)21-6;1-3-5-6-4-2;2-1-3/h13-14H,7-12H2,1-6H3,(H,17,18);3-6H2,1-2H3;1H,(H,2,3). The second-order valence-electron chi connectivity index (χ2n) is 9.10. The Morgan fingerprint density at radius 3 is 1.74 bits per heavy atom. The third-order valence-corrected chi connectivity index (χ3v) is 8.23. The van der Waals surface area contributed by atoms with Gasteiger partial charge in [0.15, 0.2) is 0 Å². The van der Waals surface area contributed by atoms with Crippen molar-refractivity contribution in [3.05, 3.63) is 0 Å². The highest BCUT2D eigenvalue weighted by atomic mass is 28.4. The fourth-order valence-corrected chi connectivity index (χ4v) is 5.50. The van der Waals surface area contributed by atoms with Crippen molar-refractivity contribution < 1.29 is 28.0 Å². The fraction of sp³-hybridized carbons (Fsp3) is 0.913. The highest BCUT2D eigenvalue weighted by molar-refractivity contribution is 6.60. The molecule has 0 bridgehead atoms. The first-order valence-corrected chi connectivity index (χ1v) is 13.6. The van der Waals surface area contributed by atoms with Crippen LogP contribution < -0.4 is 5.32 Å². The minimum Gasteiger partial charge on any atom is -0.483 e. The Hall–Kier alpha value is -0.963. The molecule has 0 heterocycles. The van der Waals surface area contributed by atoms with Crippen molar-refractivity contribution in [1.29, 1.82) is 0 Å². The maximum absolute atomic E-state index is 12.2. The molecule has 1 amide bonds. The van der Waals surface area contributed by atoms with Crippen LogP contribution in [0.3, 0.4) is 0 Å². The summed E-state index contributed by atoms with van der Waals surface area (Å²) in [6, 6.07) is 0.847. The highest BCUT2D eigenvalue weighted by Gasteiger charge is 2.38. The van der Waals surface area contributed by atoms with Crippen LogP contribution in [0.1, 0.15) is 92.4 Å². The summed E-state index contributed by atoms with van der Waals surface area (Å²) in [4.78, 5) is 20.6. The summed E-state index contributed by atoms with van der Waals surface area (Å²) in [6.45, 7) is 10.3. The lowest BCUT2D eigenvalue weighted by Crippen LogP contribution is -2.45. The van der Waals surface area contributed by atoms with E-state index < -0.39 is 8.80 Å². The zero-order chi connectivity index (χ0) is 24.3. The van der Waals surface area contributed by atoms with Gasteiger partial charge in [-0.1, -0.05) is 39.5 Å². The van der Waals surface area contributed by atoms with E-state index in [9.17, 15) is 4.79 Å². The summed E-state index contributed by atoms with van der Waals surface area (Å²) in [5.41, 5.74) is -0.144. The van der Waals surface area contributed by atoms with E-state index in [1.165, 1.54) is 25.7 Å². The molecule has 0 atom stereocenters. The Labute approximate surface area is 192 Å². The molecule has 0 aromatic rings. The van der Waals surface area contributed by atoms with E-state index in [-0.39, 0.29) is 23.8 Å². The van der Waals surface area contributed by atoms with E-state index in [2.05, 4.69) is 19.2 Å². The molecule has 8 heteroatoms. The van der Waals surface area contributed by atoms with E-state index in [0.29, 0.717) is 5.92 Å². The Morgan fingerprint density at radius 1 is 1.00 bits per heavy atom. The molecule has 0 saturated heterocycles. The smallest absolute Gasteiger partial charge is 0.483 e. The topological polar surface area (TPSA) is 94.1 Å². The Kier molecular flexibility index (Phi) is 19.3. The lowest BCUT2D eigenvalue weighted by atomic mass is 9.80. The molecule has 186 valence electrons. The first-order chi connectivity index (χ1) is 14.6. The molecule has 1 aliphatic rings. The number of carbonyl (C=O) groups excluding carboxylic acids is 1. The van der Waals surface area contributed by atoms with Crippen molar-refractivity contribution in [2.24, 2.45) is 11.8 Å². The van der Waals surface area contributed by atoms with Gasteiger partial charge in [0.2, 0.25) is 5.91 Å². The average molecular weight is 464 g/mol. The summed E-state index contributed by atoms with van der Waals surface area (Å²) in [5, 5.41) is 9.98. The molecule has 2 N–H and O–H groups in total. The van der Waals surface area contributed by atoms with Crippen LogP contribution in [0.5, 0.6) is 0 Å². The number of hydrogen-bond donors (Lipinski definition) is 2. The molecule has 1 fully saturated rings. The second kappa shape index (κ2) is 18.6. The quantitative estimate of drug-likeness (QED) is 0.261. The monoisotopic (exact) mass is 463 g/mol. The maximum atomic E-state index is 12.2. The fourth-order valence-electron chi connectivity index (χ4n) is 3.62. The van der Waals surface area contributed by atoms with Gasteiger partial charge in [-0.15, -0.1) is 0 Å². The first-order valence-electron chi connectivity index (χ1n) is 11.6. The normalized spacial score (nSPS) is 18.7. The van der Waals surface area contributed by atoms with Crippen LogP contribution in [0.15, 0.2) is 0 Å². The molecule has 1 rings (SSSR count). The van der Waals surface area contributed by atoms with Crippen molar-refractivity contribution >= 4 is 21.2 Å². The van der Waals surface area contributed by atoms with Crippen LogP contribution in [-0.4, -0.2) is 53.2 Å². The van der Waals surface area contributed by atoms with Crippen molar-refractivity contribution in [2.45, 2.75) is 104 Å². The van der Waals surface area contributed by atoms with Crippen molar-refractivity contribution in [2.75, 3.05) is 21.3 Å². The van der Waals surface area contributed by atoms with Gasteiger partial charge in [0.25, 0.3) is 6.47 Å². The van der Waals surface area contributed by atoms with Gasteiger partial charge in [0, 0.05) is 38.8 Å². The van der Waals surface area contributed by atoms with Crippen LogP contribution >= 0.6 is 0 Å². The number of unbranched alkanes of at least 4 members (excludes halogenated alkanes) is 3. The van der Waals surface area contributed by atoms with Crippen LogP contribution in [0, 0.1) is 11.8 Å². The van der Waals surface area contributed by atoms with Gasteiger partial charge in [-0.3, -0.25) is 9.59 Å². The van der Waals surface area contributed by atoms with Gasteiger partial charge in [0.05, 0.1) is 0 Å². The van der Waals surface area contributed by atoms with Gasteiger partial charge in [-0.25, -0.2) is 0 Å². The van der Waals surface area contributed by atoms with Crippen LogP contribution in [0.4, 0.5) is 0 Å². The first kappa shape index (κ1) is 32.2. The summed E-state index contributed by atoms with van der Waals surface area (Å²) < 4.78 is 16.4. The van der Waals surface area contributed by atoms with Crippen LogP contribution in [-0.2, 0) is 22.9 Å². The minimum absolute atomic E-state index is 0.144. The van der Waals surface area contributed by atoms with Gasteiger partial charge in [-0.05, 0) is 58.8 Å². The molecule has 7 nitrogen and oxygen atoms in total. The van der Waals surface area contributed by atoms with E-state index in [1.807, 2.05) is 20.8 Å². The van der Waals surface area contributed by atoms with E-state index >= 15 is 0 Å². The summed E-state index contributed by atoms with van der Waals surface area (Å²) in [5.74, 6) is 1.02. The molecule has 31 heavy (non-hydrogen) atoms. The Balaban J connectivity index is 0. The molecule has 0 unspecified atom stereocenters. The third-order valence-electron chi connectivity index (χ3n) is 5.46. The van der Waals surface area contributed by atoms with E-state index in [4.69, 9.17) is 23.2 Å². The second-order valence-corrected chi connectivity index (χ2v) is 12.2. The van der Waals surface area contributed by atoms with Crippen LogP contribution in [0.2, 0.25) is 6.04 Å². The molecule has 0 aromatic heterocycles. The van der Waals surface area contributed by atoms with Gasteiger partial charge < -0.3 is 23.7 Å². The molecular weight excluding hydrogens is 414 g/mol. The zero-order valence-corrected chi connectivity index (χ0v) is 22.3. The molecule has 0 radical (unpaired) electrons. The highest BCUT2D eigenvalue weighted by Crippen LogP contribution is 2.33. The number of carbonyl (C=O) groups is 2. The maximum Gasteiger partial charge on any atom is 0.500 e.